The molecule has 0 saturated heterocycles. The van der Waals surface area contributed by atoms with Gasteiger partial charge in [0.25, 0.3) is 0 Å². The lowest BCUT2D eigenvalue weighted by Crippen LogP contribution is -2.30. The zero-order valence-corrected chi connectivity index (χ0v) is 48.3. The molecule has 6 nitrogen and oxygen atoms in total. The zero-order chi connectivity index (χ0) is 53.6. The van der Waals surface area contributed by atoms with Gasteiger partial charge in [-0.15, -0.1) is 0 Å². The van der Waals surface area contributed by atoms with Gasteiger partial charge in [-0.1, -0.05) is 271 Å². The summed E-state index contributed by atoms with van der Waals surface area (Å²) in [7, 11) is 0. The van der Waals surface area contributed by atoms with E-state index in [-0.39, 0.29) is 31.1 Å². The van der Waals surface area contributed by atoms with Crippen LogP contribution in [0.5, 0.6) is 0 Å². The Hall–Kier alpha value is -3.93. The molecule has 0 fully saturated rings. The predicted molar refractivity (Wildman–Crippen MR) is 320 cm³/mol. The van der Waals surface area contributed by atoms with E-state index in [4.69, 9.17) is 14.2 Å². The summed E-state index contributed by atoms with van der Waals surface area (Å²) >= 11 is 0. The fourth-order valence-corrected chi connectivity index (χ4v) is 8.46. The van der Waals surface area contributed by atoms with E-state index in [0.29, 0.717) is 19.3 Å². The third kappa shape index (κ3) is 59.0. The monoisotopic (exact) mass is 1030 g/mol. The average Bonchev–Trinajstić information content (AvgIpc) is 3.40. The molecule has 74 heavy (non-hydrogen) atoms. The van der Waals surface area contributed by atoms with Gasteiger partial charge in [0.05, 0.1) is 0 Å². The van der Waals surface area contributed by atoms with E-state index in [9.17, 15) is 14.4 Å². The van der Waals surface area contributed by atoms with E-state index in [1.165, 1.54) is 122 Å². The van der Waals surface area contributed by atoms with Crippen molar-refractivity contribution < 1.29 is 28.6 Å². The van der Waals surface area contributed by atoms with Crippen LogP contribution in [-0.4, -0.2) is 37.2 Å². The van der Waals surface area contributed by atoms with Crippen molar-refractivity contribution in [3.8, 4) is 0 Å². The first-order chi connectivity index (χ1) is 36.5. The Kier molecular flexibility index (Phi) is 58.3. The van der Waals surface area contributed by atoms with Gasteiger partial charge in [-0.25, -0.2) is 0 Å². The molecule has 0 aromatic carbocycles. The lowest BCUT2D eigenvalue weighted by Gasteiger charge is -2.18. The highest BCUT2D eigenvalue weighted by molar-refractivity contribution is 5.71. The highest BCUT2D eigenvalue weighted by atomic mass is 16.6. The number of esters is 3. The largest absolute Gasteiger partial charge is 0.462 e. The number of hydrogen-bond donors (Lipinski definition) is 0. The Morgan fingerprint density at radius 1 is 0.284 bits per heavy atom. The number of ether oxygens (including phenoxy) is 3. The van der Waals surface area contributed by atoms with Crippen LogP contribution in [0, 0.1) is 0 Å². The molecule has 6 heteroatoms. The van der Waals surface area contributed by atoms with Crippen LogP contribution in [0.1, 0.15) is 284 Å². The maximum Gasteiger partial charge on any atom is 0.306 e. The van der Waals surface area contributed by atoms with Crippen molar-refractivity contribution in [3.05, 3.63) is 109 Å². The maximum atomic E-state index is 12.8. The lowest BCUT2D eigenvalue weighted by molar-refractivity contribution is -0.167. The number of allylic oxidation sites excluding steroid dienone is 18. The second-order valence-electron chi connectivity index (χ2n) is 20.2. The lowest BCUT2D eigenvalue weighted by atomic mass is 10.0. The Labute approximate surface area is 457 Å². The topological polar surface area (TPSA) is 78.9 Å². The van der Waals surface area contributed by atoms with Crippen molar-refractivity contribution in [1.82, 2.24) is 0 Å². The summed E-state index contributed by atoms with van der Waals surface area (Å²) in [6.45, 7) is 6.39. The van der Waals surface area contributed by atoms with Crippen molar-refractivity contribution in [2.75, 3.05) is 13.2 Å². The molecule has 0 aliphatic carbocycles. The van der Waals surface area contributed by atoms with Crippen molar-refractivity contribution >= 4 is 17.9 Å². The molecule has 0 rings (SSSR count). The summed E-state index contributed by atoms with van der Waals surface area (Å²) in [5.41, 5.74) is 0. The van der Waals surface area contributed by atoms with Gasteiger partial charge in [0.15, 0.2) is 6.10 Å². The molecule has 0 aromatic rings. The number of unbranched alkanes of at least 4 members (excludes halogenated alkanes) is 26. The molecule has 0 spiro atoms. The van der Waals surface area contributed by atoms with E-state index in [0.717, 1.165) is 122 Å². The molecule has 0 saturated carbocycles. The molecule has 0 aliphatic heterocycles. The van der Waals surface area contributed by atoms with E-state index >= 15 is 0 Å². The van der Waals surface area contributed by atoms with Crippen LogP contribution in [0.25, 0.3) is 0 Å². The molecule has 0 bridgehead atoms. The van der Waals surface area contributed by atoms with Gasteiger partial charge in [0.2, 0.25) is 0 Å². The van der Waals surface area contributed by atoms with Gasteiger partial charge in [0, 0.05) is 19.3 Å². The summed E-state index contributed by atoms with van der Waals surface area (Å²) in [4.78, 5) is 38.1. The minimum absolute atomic E-state index is 0.0809. The maximum absolute atomic E-state index is 12.8. The fraction of sp³-hybridized carbons (Fsp3) is 0.691. The van der Waals surface area contributed by atoms with E-state index in [2.05, 4.69) is 130 Å². The third-order valence-electron chi connectivity index (χ3n) is 13.0. The molecular weight excluding hydrogens is 913 g/mol. The van der Waals surface area contributed by atoms with Crippen molar-refractivity contribution in [2.24, 2.45) is 0 Å². The van der Waals surface area contributed by atoms with Crippen molar-refractivity contribution in [3.63, 3.8) is 0 Å². The first-order valence-corrected chi connectivity index (χ1v) is 30.9. The summed E-state index contributed by atoms with van der Waals surface area (Å²) in [6.07, 6.45) is 83.9. The number of rotatable bonds is 55. The second kappa shape index (κ2) is 61.6. The van der Waals surface area contributed by atoms with Crippen LogP contribution in [0.3, 0.4) is 0 Å². The van der Waals surface area contributed by atoms with Crippen LogP contribution >= 0.6 is 0 Å². The van der Waals surface area contributed by atoms with Crippen LogP contribution in [0.15, 0.2) is 109 Å². The highest BCUT2D eigenvalue weighted by Crippen LogP contribution is 2.16. The molecular formula is C68H114O6. The molecule has 0 amide bonds. The fourth-order valence-electron chi connectivity index (χ4n) is 8.46. The summed E-state index contributed by atoms with van der Waals surface area (Å²) in [6, 6.07) is 0. The van der Waals surface area contributed by atoms with Crippen LogP contribution in [0.4, 0.5) is 0 Å². The Morgan fingerprint density at radius 3 is 0.824 bits per heavy atom. The van der Waals surface area contributed by atoms with E-state index in [1.54, 1.807) is 0 Å². The molecule has 1 atom stereocenters. The minimum atomic E-state index is -0.782. The van der Waals surface area contributed by atoms with Crippen molar-refractivity contribution in [1.29, 1.82) is 0 Å². The van der Waals surface area contributed by atoms with Gasteiger partial charge in [-0.2, -0.15) is 0 Å². The Bertz CT molecular complexity index is 1510. The molecule has 0 aromatic heterocycles. The number of carbonyl (C=O) groups is 3. The molecule has 0 N–H and O–H groups in total. The van der Waals surface area contributed by atoms with Crippen LogP contribution < -0.4 is 0 Å². The zero-order valence-electron chi connectivity index (χ0n) is 48.3. The molecule has 0 heterocycles. The predicted octanol–water partition coefficient (Wildman–Crippen LogP) is 21.0. The molecule has 422 valence electrons. The summed E-state index contributed by atoms with van der Waals surface area (Å²) in [5, 5.41) is 0. The van der Waals surface area contributed by atoms with Gasteiger partial charge in [-0.3, -0.25) is 14.4 Å². The first kappa shape index (κ1) is 70.1. The standard InChI is InChI=1S/C68H114O6/c1-4-7-10-13-16-19-21-23-25-27-28-29-30-31-32-33-34-35-36-37-38-39-40-42-43-45-47-49-52-55-58-61-67(70)73-64-65(63-72-66(69)60-57-54-51-18-15-12-9-6-3)74-68(71)62-59-56-53-50-48-46-44-41-26-24-22-20-17-14-11-8-5-2/h7-8,10-11,16-17,19-20,23-26,28-29,31-32,34-35,65H,4-6,9,12-15,18,21-22,27,30,33,36-64H2,1-3H3/b10-7-,11-8-,19-16-,20-17-,25-23-,26-24-,29-28-,32-31-,35-34-. The molecule has 0 radical (unpaired) electrons. The van der Waals surface area contributed by atoms with Crippen LogP contribution in [-0.2, 0) is 28.6 Å². The second-order valence-corrected chi connectivity index (χ2v) is 20.2. The Balaban J connectivity index is 4.15. The van der Waals surface area contributed by atoms with Crippen LogP contribution in [0.2, 0.25) is 0 Å². The normalized spacial score (nSPS) is 12.9. The third-order valence-corrected chi connectivity index (χ3v) is 13.0. The minimum Gasteiger partial charge on any atom is -0.462 e. The number of hydrogen-bond acceptors (Lipinski definition) is 6. The SMILES string of the molecule is CC/C=C\C/C=C\C/C=C\C/C=C\C/C=C\C/C=C\CCCCCCCCCCCCCCC(=O)OCC(COC(=O)CCCCCCCCCC)OC(=O)CCCCCCCCC/C=C\C/C=C\C/C=C\CC. The first-order valence-electron chi connectivity index (χ1n) is 30.9. The van der Waals surface area contributed by atoms with Crippen molar-refractivity contribution in [2.45, 2.75) is 290 Å². The number of carbonyl (C=O) groups excluding carboxylic acids is 3. The van der Waals surface area contributed by atoms with E-state index < -0.39 is 6.10 Å². The van der Waals surface area contributed by atoms with Gasteiger partial charge in [0.1, 0.15) is 13.2 Å². The summed E-state index contributed by atoms with van der Waals surface area (Å²) in [5.74, 6) is -0.893. The average molecular weight is 1030 g/mol. The van der Waals surface area contributed by atoms with Gasteiger partial charge in [-0.05, 0) is 103 Å². The van der Waals surface area contributed by atoms with Gasteiger partial charge < -0.3 is 14.2 Å². The highest BCUT2D eigenvalue weighted by Gasteiger charge is 2.19. The summed E-state index contributed by atoms with van der Waals surface area (Å²) < 4.78 is 16.8. The van der Waals surface area contributed by atoms with Gasteiger partial charge >= 0.3 is 17.9 Å². The molecule has 1 unspecified atom stereocenters. The van der Waals surface area contributed by atoms with E-state index in [1.807, 2.05) is 0 Å². The molecule has 0 aliphatic rings. The Morgan fingerprint density at radius 2 is 0.527 bits per heavy atom. The smallest absolute Gasteiger partial charge is 0.306 e. The quantitative estimate of drug-likeness (QED) is 0.0261.